The fraction of sp³-hybridized carbons (Fsp3) is 0.0714. The monoisotopic (exact) mass is 414 g/mol. The van der Waals surface area contributed by atoms with Crippen molar-refractivity contribution in [3.63, 3.8) is 0 Å². The number of halogens is 1. The van der Waals surface area contributed by atoms with Gasteiger partial charge in [0, 0.05) is 27.6 Å². The Morgan fingerprint density at radius 3 is 2.10 bits per heavy atom. The Balaban J connectivity index is 2.02. The van der Waals surface area contributed by atoms with Gasteiger partial charge in [-0.25, -0.2) is 0 Å². The summed E-state index contributed by atoms with van der Waals surface area (Å²) in [6.45, 7) is 0. The highest BCUT2D eigenvalue weighted by Gasteiger charge is 2.05. The minimum Gasteiger partial charge on any atom is -0.325 e. The van der Waals surface area contributed by atoms with Crippen molar-refractivity contribution in [3.8, 4) is 0 Å². The molecule has 2 rings (SSSR count). The lowest BCUT2D eigenvalue weighted by atomic mass is 10.3. The molecule has 0 radical (unpaired) electrons. The first-order chi connectivity index (χ1) is 10.1. The van der Waals surface area contributed by atoms with E-state index in [0.29, 0.717) is 4.43 Å². The molecule has 0 aliphatic heterocycles. The number of non-ortho nitro benzene ring substituents is 1. The molecule has 5 nitrogen and oxygen atoms in total. The van der Waals surface area contributed by atoms with Crippen LogP contribution in [-0.2, 0) is 4.79 Å². The summed E-state index contributed by atoms with van der Waals surface area (Å²) in [5.74, 6) is -0.0358. The number of nitro groups is 1. The maximum absolute atomic E-state index is 11.3. The van der Waals surface area contributed by atoms with Gasteiger partial charge >= 0.3 is 0 Å². The van der Waals surface area contributed by atoms with Crippen molar-refractivity contribution in [2.75, 3.05) is 9.74 Å². The van der Waals surface area contributed by atoms with Crippen LogP contribution in [0.1, 0.15) is 0 Å². The molecule has 1 N–H and O–H groups in total. The van der Waals surface area contributed by atoms with E-state index in [-0.39, 0.29) is 11.6 Å². The molecule has 0 heterocycles. The van der Waals surface area contributed by atoms with Crippen LogP contribution in [0, 0.1) is 10.1 Å². The topological polar surface area (TPSA) is 72.2 Å². The molecule has 108 valence electrons. The molecule has 0 saturated carbocycles. The largest absolute Gasteiger partial charge is 0.325 e. The number of nitro benzene ring substituents is 1. The van der Waals surface area contributed by atoms with Crippen LogP contribution in [0.25, 0.3) is 0 Å². The number of hydrogen-bond acceptors (Lipinski definition) is 4. The van der Waals surface area contributed by atoms with E-state index in [2.05, 4.69) is 5.32 Å². The fourth-order valence-electron chi connectivity index (χ4n) is 1.57. The second-order valence-corrected chi connectivity index (χ2v) is 5.97. The van der Waals surface area contributed by atoms with Crippen molar-refractivity contribution < 1.29 is 9.72 Å². The van der Waals surface area contributed by atoms with Crippen molar-refractivity contribution in [1.82, 2.24) is 0 Å². The summed E-state index contributed by atoms with van der Waals surface area (Å²) in [4.78, 5) is 23.3. The molecule has 0 atom stereocenters. The summed E-state index contributed by atoms with van der Waals surface area (Å²) >= 11 is 3.51. The molecule has 0 fully saturated rings. The number of anilines is 1. The minimum absolute atomic E-state index is 0.0358. The Kier molecular flexibility index (Phi) is 5.57. The van der Waals surface area contributed by atoms with Crippen molar-refractivity contribution >= 4 is 51.6 Å². The Hall–Kier alpha value is -1.61. The van der Waals surface area contributed by atoms with Crippen LogP contribution in [0.15, 0.2) is 58.3 Å². The first-order valence-electron chi connectivity index (χ1n) is 5.96. The van der Waals surface area contributed by atoms with E-state index in [1.807, 2.05) is 46.9 Å². The van der Waals surface area contributed by atoms with Crippen LogP contribution in [0.2, 0.25) is 0 Å². The molecule has 21 heavy (non-hydrogen) atoms. The Morgan fingerprint density at radius 2 is 1.62 bits per heavy atom. The third-order valence-electron chi connectivity index (χ3n) is 2.54. The third-order valence-corrected chi connectivity index (χ3v) is 4.25. The van der Waals surface area contributed by atoms with Crippen LogP contribution in [-0.4, -0.2) is 15.3 Å². The van der Waals surface area contributed by atoms with Crippen molar-refractivity contribution in [2.24, 2.45) is 0 Å². The number of rotatable bonds is 5. The zero-order valence-corrected chi connectivity index (χ0v) is 13.8. The molecule has 0 saturated heterocycles. The highest BCUT2D eigenvalue weighted by molar-refractivity contribution is 14.1. The summed E-state index contributed by atoms with van der Waals surface area (Å²) in [5.41, 5.74) is 0.834. The van der Waals surface area contributed by atoms with Gasteiger partial charge in [0.1, 0.15) is 0 Å². The van der Waals surface area contributed by atoms with E-state index in [1.165, 1.54) is 23.9 Å². The summed E-state index contributed by atoms with van der Waals surface area (Å²) < 4.78 is 0.414. The zero-order chi connectivity index (χ0) is 15.2. The number of hydrogen-bond donors (Lipinski definition) is 1. The number of carbonyl (C=O) groups excluding carboxylic acids is 1. The maximum Gasteiger partial charge on any atom is 0.269 e. The van der Waals surface area contributed by atoms with Gasteiger partial charge in [-0.2, -0.15) is 0 Å². The second kappa shape index (κ2) is 7.41. The normalized spacial score (nSPS) is 10.1. The number of benzene rings is 2. The molecule has 2 aromatic carbocycles. The van der Waals surface area contributed by atoms with Gasteiger partial charge in [-0.1, -0.05) is 34.4 Å². The summed E-state index contributed by atoms with van der Waals surface area (Å²) in [5, 5.41) is 13.4. The molecule has 0 unspecified atom stereocenters. The van der Waals surface area contributed by atoms with Crippen molar-refractivity contribution in [3.05, 3.63) is 58.6 Å². The van der Waals surface area contributed by atoms with E-state index in [4.69, 9.17) is 0 Å². The molecule has 7 heteroatoms. The van der Waals surface area contributed by atoms with Gasteiger partial charge in [0.05, 0.1) is 9.35 Å². The van der Waals surface area contributed by atoms with Gasteiger partial charge in [-0.15, -0.1) is 0 Å². The summed E-state index contributed by atoms with van der Waals surface area (Å²) in [7, 11) is 0. The van der Waals surface area contributed by atoms with Gasteiger partial charge in [-0.05, 0) is 36.4 Å². The smallest absolute Gasteiger partial charge is 0.269 e. The van der Waals surface area contributed by atoms with Crippen LogP contribution < -0.4 is 5.32 Å². The lowest BCUT2D eigenvalue weighted by molar-refractivity contribution is -0.384. The average molecular weight is 414 g/mol. The molecule has 0 aliphatic carbocycles. The number of nitrogens with one attached hydrogen (secondary N) is 1. The van der Waals surface area contributed by atoms with Gasteiger partial charge in [0.25, 0.3) is 5.69 Å². The van der Waals surface area contributed by atoms with Crippen LogP contribution >= 0.6 is 34.4 Å². The highest BCUT2D eigenvalue weighted by Crippen LogP contribution is 2.29. The summed E-state index contributed by atoms with van der Waals surface area (Å²) in [6.07, 6.45) is 0. The lowest BCUT2D eigenvalue weighted by Gasteiger charge is -2.05. The first kappa shape index (κ1) is 15.8. The van der Waals surface area contributed by atoms with Gasteiger partial charge in [-0.3, -0.25) is 14.9 Å². The standard InChI is InChI=1S/C14H11IN2O3S/c15-9-14(18)16-10-1-5-12(6-2-10)21-13-7-3-11(4-8-13)17(19)20/h1-8H,9H2,(H,16,18). The van der Waals surface area contributed by atoms with E-state index >= 15 is 0 Å². The SMILES string of the molecule is O=C(CI)Nc1ccc(Sc2ccc([N+](=O)[O-])cc2)cc1. The highest BCUT2D eigenvalue weighted by atomic mass is 127. The number of amides is 1. The van der Waals surface area contributed by atoms with Gasteiger partial charge in [0.15, 0.2) is 0 Å². The fourth-order valence-corrected chi connectivity index (χ4v) is 2.58. The first-order valence-corrected chi connectivity index (χ1v) is 8.31. The van der Waals surface area contributed by atoms with E-state index in [9.17, 15) is 14.9 Å². The third kappa shape index (κ3) is 4.71. The summed E-state index contributed by atoms with van der Waals surface area (Å²) in [6, 6.07) is 13.9. The minimum atomic E-state index is -0.418. The van der Waals surface area contributed by atoms with Gasteiger partial charge in [0.2, 0.25) is 5.91 Å². The van der Waals surface area contributed by atoms with E-state index < -0.39 is 4.92 Å². The molecule has 0 aromatic heterocycles. The van der Waals surface area contributed by atoms with Crippen LogP contribution in [0.3, 0.4) is 0 Å². The molecular weight excluding hydrogens is 403 g/mol. The number of nitrogens with zero attached hydrogens (tertiary/aromatic N) is 1. The Morgan fingerprint density at radius 1 is 1.10 bits per heavy atom. The molecule has 2 aromatic rings. The number of carbonyl (C=O) groups is 1. The predicted octanol–water partition coefficient (Wildman–Crippen LogP) is 4.12. The molecule has 0 spiro atoms. The number of alkyl halides is 1. The molecule has 1 amide bonds. The molecule has 0 bridgehead atoms. The van der Waals surface area contributed by atoms with E-state index in [1.54, 1.807) is 12.1 Å². The van der Waals surface area contributed by atoms with Crippen molar-refractivity contribution in [1.29, 1.82) is 0 Å². The maximum atomic E-state index is 11.3. The van der Waals surface area contributed by atoms with Crippen LogP contribution in [0.4, 0.5) is 11.4 Å². The predicted molar refractivity (Wildman–Crippen MR) is 91.2 cm³/mol. The van der Waals surface area contributed by atoms with Crippen LogP contribution in [0.5, 0.6) is 0 Å². The van der Waals surface area contributed by atoms with Gasteiger partial charge < -0.3 is 5.32 Å². The Labute approximate surface area is 139 Å². The quantitative estimate of drug-likeness (QED) is 0.346. The van der Waals surface area contributed by atoms with Crippen molar-refractivity contribution in [2.45, 2.75) is 9.79 Å². The molecular formula is C14H11IN2O3S. The molecule has 0 aliphatic rings. The average Bonchev–Trinajstić information content (AvgIpc) is 2.49. The lowest BCUT2D eigenvalue weighted by Crippen LogP contribution is -2.11. The zero-order valence-electron chi connectivity index (χ0n) is 10.8. The second-order valence-electron chi connectivity index (χ2n) is 4.06. The van der Waals surface area contributed by atoms with E-state index in [0.717, 1.165) is 15.5 Å². The Bertz CT molecular complexity index is 644.